The van der Waals surface area contributed by atoms with Crippen molar-refractivity contribution in [2.45, 2.75) is 96.9 Å². The maximum Gasteiger partial charge on any atom is 0.408 e. The normalized spacial score (nSPS) is 23.5. The van der Waals surface area contributed by atoms with E-state index in [1.165, 1.54) is 11.3 Å². The highest BCUT2D eigenvalue weighted by molar-refractivity contribution is 5.69. The monoisotopic (exact) mass is 552 g/mol. The number of alkyl carbamates (subject to hydrolysis) is 1. The van der Waals surface area contributed by atoms with E-state index in [9.17, 15) is 4.79 Å². The lowest BCUT2D eigenvalue weighted by atomic mass is 9.57. The van der Waals surface area contributed by atoms with E-state index in [2.05, 4.69) is 45.0 Å². The Labute approximate surface area is 242 Å². The molecule has 0 radical (unpaired) electrons. The van der Waals surface area contributed by atoms with E-state index >= 15 is 0 Å². The second-order valence-corrected chi connectivity index (χ2v) is 13.3. The van der Waals surface area contributed by atoms with Crippen LogP contribution in [-0.4, -0.2) is 38.5 Å². The van der Waals surface area contributed by atoms with Crippen LogP contribution in [0.3, 0.4) is 0 Å². The minimum absolute atomic E-state index is 0.120. The predicted octanol–water partition coefficient (Wildman–Crippen LogP) is 6.31. The van der Waals surface area contributed by atoms with Crippen LogP contribution < -0.4 is 10.2 Å². The van der Waals surface area contributed by atoms with Crippen LogP contribution in [0.15, 0.2) is 42.6 Å². The standard InChI is InChI=1S/C33H40N6O2/c1-23-27-21-38(26-9-17-35-28(19-26)25-7-5-24(20-34)6-8-25)18-10-29(27)39(37-23)22-32-11-14-33(15-12-32,16-13-32)36-30(40)41-31(2,3)4/h5-9,17,19H,10-16,18,21-22H2,1-4H3,(H,36,40). The Bertz CT molecular complexity index is 1470. The quantitative estimate of drug-likeness (QED) is 0.399. The van der Waals surface area contributed by atoms with Crippen molar-refractivity contribution >= 4 is 11.8 Å². The van der Waals surface area contributed by atoms with Gasteiger partial charge in [-0.15, -0.1) is 0 Å². The molecule has 0 atom stereocenters. The molecule has 1 amide bonds. The molecule has 2 aromatic heterocycles. The molecule has 3 aromatic rings. The first-order chi connectivity index (χ1) is 19.6. The van der Waals surface area contributed by atoms with Gasteiger partial charge in [0.25, 0.3) is 0 Å². The molecule has 3 aliphatic carbocycles. The van der Waals surface area contributed by atoms with Crippen molar-refractivity contribution in [1.82, 2.24) is 20.1 Å². The second kappa shape index (κ2) is 10.2. The number of fused-ring (bicyclic) bond motifs is 4. The van der Waals surface area contributed by atoms with Gasteiger partial charge in [-0.2, -0.15) is 10.4 Å². The maximum atomic E-state index is 12.5. The Balaban J connectivity index is 1.13. The number of carbonyl (C=O) groups excluding carboxylic acids is 1. The summed E-state index contributed by atoms with van der Waals surface area (Å²) in [5.74, 6) is 0. The Morgan fingerprint density at radius 1 is 1.10 bits per heavy atom. The SMILES string of the molecule is Cc1nn(CC23CCC(NC(=O)OC(C)(C)C)(CC2)CC3)c2c1CN(c1ccnc(-c3ccc(C#N)cc3)c1)CC2. The van der Waals surface area contributed by atoms with Gasteiger partial charge in [0, 0.05) is 60.3 Å². The number of nitriles is 1. The Morgan fingerprint density at radius 3 is 2.46 bits per heavy atom. The second-order valence-electron chi connectivity index (χ2n) is 13.3. The van der Waals surface area contributed by atoms with Gasteiger partial charge in [-0.3, -0.25) is 9.67 Å². The molecule has 7 rings (SSSR count). The van der Waals surface area contributed by atoms with E-state index in [0.29, 0.717) is 5.56 Å². The molecule has 0 saturated heterocycles. The number of aromatic nitrogens is 3. The molecule has 3 saturated carbocycles. The predicted molar refractivity (Wildman–Crippen MR) is 158 cm³/mol. The van der Waals surface area contributed by atoms with Gasteiger partial charge >= 0.3 is 6.09 Å². The molecule has 41 heavy (non-hydrogen) atoms. The highest BCUT2D eigenvalue weighted by Gasteiger charge is 2.50. The first-order valence-corrected chi connectivity index (χ1v) is 14.8. The number of hydrogen-bond donors (Lipinski definition) is 1. The highest BCUT2D eigenvalue weighted by Crippen LogP contribution is 2.53. The number of amides is 1. The zero-order chi connectivity index (χ0) is 28.8. The fourth-order valence-electron chi connectivity index (χ4n) is 7.03. The first-order valence-electron chi connectivity index (χ1n) is 14.8. The summed E-state index contributed by atoms with van der Waals surface area (Å²) >= 11 is 0. The van der Waals surface area contributed by atoms with Crippen molar-refractivity contribution in [3.8, 4) is 17.3 Å². The van der Waals surface area contributed by atoms with Crippen LogP contribution in [0.5, 0.6) is 0 Å². The van der Waals surface area contributed by atoms with E-state index in [1.807, 2.05) is 51.2 Å². The van der Waals surface area contributed by atoms with Crippen molar-refractivity contribution < 1.29 is 9.53 Å². The molecule has 8 nitrogen and oxygen atoms in total. The van der Waals surface area contributed by atoms with Crippen molar-refractivity contribution in [3.63, 3.8) is 0 Å². The largest absolute Gasteiger partial charge is 0.444 e. The van der Waals surface area contributed by atoms with Gasteiger partial charge in [-0.05, 0) is 95.9 Å². The van der Waals surface area contributed by atoms with Crippen LogP contribution in [0.2, 0.25) is 0 Å². The molecular formula is C33H40N6O2. The van der Waals surface area contributed by atoms with E-state index < -0.39 is 5.60 Å². The average Bonchev–Trinajstić information content (AvgIpc) is 3.26. The van der Waals surface area contributed by atoms with Gasteiger partial charge in [0.2, 0.25) is 0 Å². The molecule has 0 unspecified atom stereocenters. The van der Waals surface area contributed by atoms with Gasteiger partial charge < -0.3 is 15.0 Å². The Hall–Kier alpha value is -3.86. The molecule has 214 valence electrons. The van der Waals surface area contributed by atoms with Crippen LogP contribution in [0.4, 0.5) is 10.5 Å². The zero-order valence-electron chi connectivity index (χ0n) is 24.7. The van der Waals surface area contributed by atoms with Gasteiger partial charge in [0.15, 0.2) is 0 Å². The Kier molecular flexibility index (Phi) is 6.80. The molecule has 0 spiro atoms. The van der Waals surface area contributed by atoms with Crippen LogP contribution in [-0.2, 0) is 24.2 Å². The molecule has 2 bridgehead atoms. The molecular weight excluding hydrogens is 512 g/mol. The molecule has 3 heterocycles. The number of benzene rings is 1. The number of rotatable bonds is 5. The number of pyridine rings is 1. The summed E-state index contributed by atoms with van der Waals surface area (Å²) in [7, 11) is 0. The van der Waals surface area contributed by atoms with Crippen molar-refractivity contribution in [2.24, 2.45) is 5.41 Å². The molecule has 1 N–H and O–H groups in total. The molecule has 4 aliphatic rings. The number of nitrogens with zero attached hydrogens (tertiary/aromatic N) is 5. The molecule has 3 fully saturated rings. The summed E-state index contributed by atoms with van der Waals surface area (Å²) in [5, 5.41) is 17.4. The molecule has 8 heteroatoms. The third-order valence-electron chi connectivity index (χ3n) is 9.41. The minimum Gasteiger partial charge on any atom is -0.444 e. The van der Waals surface area contributed by atoms with Crippen molar-refractivity contribution in [3.05, 3.63) is 65.1 Å². The summed E-state index contributed by atoms with van der Waals surface area (Å²) < 4.78 is 7.88. The van der Waals surface area contributed by atoms with Gasteiger partial charge in [-0.25, -0.2) is 4.79 Å². The fraction of sp³-hybridized carbons (Fsp3) is 0.515. The third-order valence-corrected chi connectivity index (χ3v) is 9.41. The maximum absolute atomic E-state index is 12.5. The zero-order valence-corrected chi connectivity index (χ0v) is 24.7. The summed E-state index contributed by atoms with van der Waals surface area (Å²) in [6.45, 7) is 10.6. The smallest absolute Gasteiger partial charge is 0.408 e. The number of anilines is 1. The number of carbonyl (C=O) groups is 1. The summed E-state index contributed by atoms with van der Waals surface area (Å²) in [6, 6.07) is 14.0. The molecule has 1 aliphatic heterocycles. The van der Waals surface area contributed by atoms with Gasteiger partial charge in [0.1, 0.15) is 5.60 Å². The summed E-state index contributed by atoms with van der Waals surface area (Å²) in [5.41, 5.74) is 7.23. The minimum atomic E-state index is -0.481. The van der Waals surface area contributed by atoms with Crippen LogP contribution in [0, 0.1) is 23.7 Å². The highest BCUT2D eigenvalue weighted by atomic mass is 16.6. The van der Waals surface area contributed by atoms with Crippen molar-refractivity contribution in [1.29, 1.82) is 5.26 Å². The number of ether oxygens (including phenoxy) is 1. The Morgan fingerprint density at radius 2 is 1.80 bits per heavy atom. The van der Waals surface area contributed by atoms with E-state index in [4.69, 9.17) is 15.1 Å². The third kappa shape index (κ3) is 5.55. The van der Waals surface area contributed by atoms with E-state index in [1.54, 1.807) is 0 Å². The summed E-state index contributed by atoms with van der Waals surface area (Å²) in [6.07, 6.45) is 8.89. The van der Waals surface area contributed by atoms with Crippen LogP contribution in [0.1, 0.15) is 81.8 Å². The first kappa shape index (κ1) is 27.3. The van der Waals surface area contributed by atoms with Crippen LogP contribution >= 0.6 is 0 Å². The van der Waals surface area contributed by atoms with E-state index in [0.717, 1.165) is 87.2 Å². The fourth-order valence-corrected chi connectivity index (χ4v) is 7.03. The molecule has 1 aromatic carbocycles. The van der Waals surface area contributed by atoms with E-state index in [-0.39, 0.29) is 17.0 Å². The lowest BCUT2D eigenvalue weighted by Crippen LogP contribution is -2.58. The lowest BCUT2D eigenvalue weighted by Gasteiger charge is -2.53. The summed E-state index contributed by atoms with van der Waals surface area (Å²) in [4.78, 5) is 19.5. The van der Waals surface area contributed by atoms with Gasteiger partial charge in [-0.1, -0.05) is 12.1 Å². The number of aryl methyl sites for hydroxylation is 1. The number of hydrogen-bond acceptors (Lipinski definition) is 6. The topological polar surface area (TPSA) is 96.1 Å². The lowest BCUT2D eigenvalue weighted by molar-refractivity contribution is -0.00519. The van der Waals surface area contributed by atoms with Gasteiger partial charge in [0.05, 0.1) is 23.0 Å². The van der Waals surface area contributed by atoms with Crippen molar-refractivity contribution in [2.75, 3.05) is 11.4 Å². The number of nitrogens with one attached hydrogen (secondary N) is 1. The van der Waals surface area contributed by atoms with Crippen LogP contribution in [0.25, 0.3) is 11.3 Å². The average molecular weight is 553 g/mol.